The first-order valence-corrected chi connectivity index (χ1v) is 9.91. The van der Waals surface area contributed by atoms with Crippen molar-refractivity contribution in [1.29, 1.82) is 0 Å². The van der Waals surface area contributed by atoms with E-state index in [9.17, 15) is 13.2 Å². The Morgan fingerprint density at radius 1 is 1.26 bits per heavy atom. The second-order valence-corrected chi connectivity index (χ2v) is 8.23. The maximum absolute atomic E-state index is 12.5. The van der Waals surface area contributed by atoms with Gasteiger partial charge >= 0.3 is 0 Å². The molecular formula is C17H25NO4S. The molecule has 0 atom stereocenters. The zero-order valence-electron chi connectivity index (χ0n) is 13.6. The summed E-state index contributed by atoms with van der Waals surface area (Å²) in [6.45, 7) is 2.30. The van der Waals surface area contributed by atoms with Gasteiger partial charge in [0.15, 0.2) is 9.84 Å². The Bertz CT molecular complexity index is 621. The van der Waals surface area contributed by atoms with Crippen LogP contribution in [0.5, 0.6) is 0 Å². The number of carbonyl (C=O) groups is 1. The summed E-state index contributed by atoms with van der Waals surface area (Å²) < 4.78 is 30.1. The van der Waals surface area contributed by atoms with Crippen molar-refractivity contribution in [3.05, 3.63) is 29.8 Å². The van der Waals surface area contributed by atoms with Gasteiger partial charge in [-0.3, -0.25) is 4.79 Å². The molecule has 1 N–H and O–H groups in total. The second-order valence-electron chi connectivity index (χ2n) is 5.95. The first kappa shape index (κ1) is 17.9. The van der Waals surface area contributed by atoms with Crippen LogP contribution >= 0.6 is 0 Å². The lowest BCUT2D eigenvalue weighted by Crippen LogP contribution is -2.25. The number of hydrogen-bond donors (Lipinski definition) is 1. The van der Waals surface area contributed by atoms with Crippen LogP contribution in [0.3, 0.4) is 0 Å². The molecule has 1 aliphatic rings. The number of ether oxygens (including phenoxy) is 1. The van der Waals surface area contributed by atoms with Crippen LogP contribution < -0.4 is 5.32 Å². The lowest BCUT2D eigenvalue weighted by Gasteiger charge is -2.21. The molecule has 5 nitrogen and oxygen atoms in total. The minimum Gasteiger partial charge on any atom is -0.372 e. The number of rotatable bonds is 7. The van der Waals surface area contributed by atoms with E-state index in [0.29, 0.717) is 17.9 Å². The SMILES string of the molecule is CCOCC(=O)Nc1cccc(CS(=O)(=O)C2CCCCC2)c1. The Kier molecular flexibility index (Phi) is 6.59. The van der Waals surface area contributed by atoms with Crippen molar-refractivity contribution in [3.63, 3.8) is 0 Å². The van der Waals surface area contributed by atoms with Gasteiger partial charge in [0.25, 0.3) is 0 Å². The van der Waals surface area contributed by atoms with E-state index < -0.39 is 9.84 Å². The van der Waals surface area contributed by atoms with Gasteiger partial charge in [0.1, 0.15) is 6.61 Å². The lowest BCUT2D eigenvalue weighted by atomic mass is 10.0. The molecule has 0 aromatic heterocycles. The highest BCUT2D eigenvalue weighted by atomic mass is 32.2. The zero-order chi connectivity index (χ0) is 16.7. The van der Waals surface area contributed by atoms with Crippen LogP contribution in [0.15, 0.2) is 24.3 Å². The van der Waals surface area contributed by atoms with Gasteiger partial charge in [0.05, 0.1) is 11.0 Å². The van der Waals surface area contributed by atoms with E-state index in [2.05, 4.69) is 5.32 Å². The predicted molar refractivity (Wildman–Crippen MR) is 91.1 cm³/mol. The van der Waals surface area contributed by atoms with Crippen LogP contribution in [0.25, 0.3) is 0 Å². The van der Waals surface area contributed by atoms with E-state index in [1.165, 1.54) is 0 Å². The summed E-state index contributed by atoms with van der Waals surface area (Å²) in [5.74, 6) is -0.202. The number of amides is 1. The summed E-state index contributed by atoms with van der Waals surface area (Å²) >= 11 is 0. The van der Waals surface area contributed by atoms with Crippen molar-refractivity contribution in [3.8, 4) is 0 Å². The minimum absolute atomic E-state index is 0.00109. The Labute approximate surface area is 138 Å². The van der Waals surface area contributed by atoms with E-state index in [0.717, 1.165) is 32.1 Å². The van der Waals surface area contributed by atoms with E-state index in [-0.39, 0.29) is 23.5 Å². The second kappa shape index (κ2) is 8.45. The maximum Gasteiger partial charge on any atom is 0.250 e. The van der Waals surface area contributed by atoms with Crippen LogP contribution in [0, 0.1) is 0 Å². The van der Waals surface area contributed by atoms with Crippen LogP contribution in [0.1, 0.15) is 44.6 Å². The van der Waals surface area contributed by atoms with E-state index in [1.54, 1.807) is 24.3 Å². The molecule has 1 amide bonds. The topological polar surface area (TPSA) is 72.5 Å². The molecule has 1 aromatic carbocycles. The van der Waals surface area contributed by atoms with Gasteiger partial charge in [-0.25, -0.2) is 8.42 Å². The molecule has 0 bridgehead atoms. The van der Waals surface area contributed by atoms with Gasteiger partial charge < -0.3 is 10.1 Å². The molecule has 128 valence electrons. The summed E-state index contributed by atoms with van der Waals surface area (Å²) in [6, 6.07) is 7.03. The summed E-state index contributed by atoms with van der Waals surface area (Å²) in [7, 11) is -3.13. The molecule has 1 aromatic rings. The molecule has 0 radical (unpaired) electrons. The zero-order valence-corrected chi connectivity index (χ0v) is 14.4. The van der Waals surface area contributed by atoms with Gasteiger partial charge in [-0.1, -0.05) is 31.4 Å². The molecule has 2 rings (SSSR count). The third-order valence-corrected chi connectivity index (χ3v) is 6.30. The van der Waals surface area contributed by atoms with Crippen molar-refractivity contribution in [2.24, 2.45) is 0 Å². The van der Waals surface area contributed by atoms with E-state index in [4.69, 9.17) is 4.74 Å². The molecule has 1 fully saturated rings. The fraction of sp³-hybridized carbons (Fsp3) is 0.588. The fourth-order valence-corrected chi connectivity index (χ4v) is 4.84. The average molecular weight is 339 g/mol. The molecule has 0 unspecified atom stereocenters. The van der Waals surface area contributed by atoms with Gasteiger partial charge in [-0.15, -0.1) is 0 Å². The summed E-state index contributed by atoms with van der Waals surface area (Å²) in [5.41, 5.74) is 1.32. The highest BCUT2D eigenvalue weighted by molar-refractivity contribution is 7.91. The van der Waals surface area contributed by atoms with Gasteiger partial charge in [0.2, 0.25) is 5.91 Å². The number of benzene rings is 1. The van der Waals surface area contributed by atoms with Crippen LogP contribution in [0.2, 0.25) is 0 Å². The summed E-state index contributed by atoms with van der Waals surface area (Å²) in [5, 5.41) is 2.51. The van der Waals surface area contributed by atoms with Gasteiger partial charge in [-0.2, -0.15) is 0 Å². The Morgan fingerprint density at radius 2 is 2.00 bits per heavy atom. The third-order valence-electron chi connectivity index (χ3n) is 4.08. The molecule has 23 heavy (non-hydrogen) atoms. The smallest absolute Gasteiger partial charge is 0.250 e. The molecule has 1 aliphatic carbocycles. The number of hydrogen-bond acceptors (Lipinski definition) is 4. The summed E-state index contributed by atoms with van der Waals surface area (Å²) in [4.78, 5) is 11.7. The predicted octanol–water partition coefficient (Wildman–Crippen LogP) is 2.91. The minimum atomic E-state index is -3.13. The summed E-state index contributed by atoms with van der Waals surface area (Å²) in [6.07, 6.45) is 4.67. The molecule has 0 saturated heterocycles. The van der Waals surface area contributed by atoms with Crippen molar-refractivity contribution in [2.45, 2.75) is 50.0 Å². The maximum atomic E-state index is 12.5. The standard InChI is InChI=1S/C17H25NO4S/c1-2-22-12-17(19)18-15-8-6-7-14(11-15)13-23(20,21)16-9-4-3-5-10-16/h6-8,11,16H,2-5,9-10,12-13H2,1H3,(H,18,19). The van der Waals surface area contributed by atoms with Gasteiger partial charge in [0, 0.05) is 12.3 Å². The first-order chi connectivity index (χ1) is 11.0. The van der Waals surface area contributed by atoms with Crippen molar-refractivity contribution in [1.82, 2.24) is 0 Å². The van der Waals surface area contributed by atoms with Crippen molar-refractivity contribution >= 4 is 21.4 Å². The average Bonchev–Trinajstić information content (AvgIpc) is 2.53. The first-order valence-electron chi connectivity index (χ1n) is 8.19. The van der Waals surface area contributed by atoms with Crippen molar-refractivity contribution in [2.75, 3.05) is 18.5 Å². The Morgan fingerprint density at radius 3 is 2.70 bits per heavy atom. The largest absolute Gasteiger partial charge is 0.372 e. The van der Waals surface area contributed by atoms with Crippen LogP contribution in [-0.2, 0) is 25.1 Å². The quantitative estimate of drug-likeness (QED) is 0.829. The van der Waals surface area contributed by atoms with Gasteiger partial charge in [-0.05, 0) is 37.5 Å². The third kappa shape index (κ3) is 5.62. The highest BCUT2D eigenvalue weighted by Crippen LogP contribution is 2.26. The highest BCUT2D eigenvalue weighted by Gasteiger charge is 2.27. The van der Waals surface area contributed by atoms with Crippen LogP contribution in [-0.4, -0.2) is 32.8 Å². The lowest BCUT2D eigenvalue weighted by molar-refractivity contribution is -0.120. The molecule has 0 heterocycles. The monoisotopic (exact) mass is 339 g/mol. The molecule has 6 heteroatoms. The molecular weight excluding hydrogens is 314 g/mol. The molecule has 0 spiro atoms. The van der Waals surface area contributed by atoms with Crippen molar-refractivity contribution < 1.29 is 17.9 Å². The van der Waals surface area contributed by atoms with E-state index >= 15 is 0 Å². The van der Waals surface area contributed by atoms with Crippen LogP contribution in [0.4, 0.5) is 5.69 Å². The Hall–Kier alpha value is -1.40. The molecule has 1 saturated carbocycles. The van der Waals surface area contributed by atoms with E-state index in [1.807, 2.05) is 6.92 Å². The number of carbonyl (C=O) groups excluding carboxylic acids is 1. The number of nitrogens with one attached hydrogen (secondary N) is 1. The Balaban J connectivity index is 2.00. The fourth-order valence-electron chi connectivity index (χ4n) is 2.91. The number of anilines is 1. The molecule has 0 aliphatic heterocycles. The normalized spacial score (nSPS) is 16.2. The number of sulfone groups is 1.